The fourth-order valence-corrected chi connectivity index (χ4v) is 4.78. The molecule has 0 saturated carbocycles. The lowest BCUT2D eigenvalue weighted by atomic mass is 9.84. The van der Waals surface area contributed by atoms with Gasteiger partial charge < -0.3 is 4.74 Å². The lowest BCUT2D eigenvalue weighted by molar-refractivity contribution is 0.305. The maximum atomic E-state index is 5.87. The number of nitrogens with zero attached hydrogens (tertiary/aromatic N) is 2. The van der Waals surface area contributed by atoms with E-state index < -0.39 is 0 Å². The van der Waals surface area contributed by atoms with E-state index in [1.165, 1.54) is 88.3 Å². The molecule has 0 fully saturated rings. The third kappa shape index (κ3) is 8.22. The van der Waals surface area contributed by atoms with Crippen LogP contribution < -0.4 is 4.74 Å². The summed E-state index contributed by atoms with van der Waals surface area (Å²) < 4.78 is 5.87. The molecule has 1 aliphatic carbocycles. The van der Waals surface area contributed by atoms with Gasteiger partial charge in [-0.15, -0.1) is 0 Å². The van der Waals surface area contributed by atoms with Crippen LogP contribution in [0.1, 0.15) is 109 Å². The topological polar surface area (TPSA) is 35.0 Å². The number of ether oxygens (including phenoxy) is 1. The Morgan fingerprint density at radius 3 is 2.28 bits per heavy atom. The second kappa shape index (κ2) is 14.3. The average molecular weight is 437 g/mol. The standard InChI is InChI=1S/C29H44N2O/c1-3-5-7-9-10-11-12-14-24-15-20-28-26(22-24)23-30-29(31-28)25-16-18-27(19-17-25)32-21-13-8-6-4-2/h16-19,23-24H,3-15,20-22H2,1-2H3. The van der Waals surface area contributed by atoms with Crippen molar-refractivity contribution in [3.8, 4) is 17.1 Å². The van der Waals surface area contributed by atoms with E-state index in [2.05, 4.69) is 44.3 Å². The normalized spacial score (nSPS) is 15.5. The van der Waals surface area contributed by atoms with Gasteiger partial charge >= 0.3 is 0 Å². The zero-order valence-corrected chi connectivity index (χ0v) is 20.6. The van der Waals surface area contributed by atoms with Crippen molar-refractivity contribution in [1.82, 2.24) is 9.97 Å². The summed E-state index contributed by atoms with van der Waals surface area (Å²) in [5.74, 6) is 2.61. The van der Waals surface area contributed by atoms with Crippen LogP contribution in [0, 0.1) is 5.92 Å². The number of rotatable bonds is 15. The van der Waals surface area contributed by atoms with E-state index in [-0.39, 0.29) is 0 Å². The summed E-state index contributed by atoms with van der Waals surface area (Å²) in [6.07, 6.45) is 21.7. The molecule has 0 amide bonds. The van der Waals surface area contributed by atoms with Crippen LogP contribution in [0.5, 0.6) is 5.75 Å². The second-order valence-corrected chi connectivity index (χ2v) is 9.62. The molecule has 2 aromatic rings. The largest absolute Gasteiger partial charge is 0.494 e. The summed E-state index contributed by atoms with van der Waals surface area (Å²) in [6, 6.07) is 8.29. The molecule has 32 heavy (non-hydrogen) atoms. The van der Waals surface area contributed by atoms with Crippen LogP contribution in [0.15, 0.2) is 30.5 Å². The quantitative estimate of drug-likeness (QED) is 0.263. The second-order valence-electron chi connectivity index (χ2n) is 9.62. The monoisotopic (exact) mass is 436 g/mol. The minimum absolute atomic E-state index is 0.800. The molecule has 0 bridgehead atoms. The highest BCUT2D eigenvalue weighted by Gasteiger charge is 2.20. The van der Waals surface area contributed by atoms with Crippen LogP contribution in [-0.4, -0.2) is 16.6 Å². The molecule has 1 heterocycles. The smallest absolute Gasteiger partial charge is 0.159 e. The van der Waals surface area contributed by atoms with Gasteiger partial charge in [0.2, 0.25) is 0 Å². The maximum Gasteiger partial charge on any atom is 0.159 e. The van der Waals surface area contributed by atoms with Gasteiger partial charge in [0.15, 0.2) is 5.82 Å². The van der Waals surface area contributed by atoms with Crippen molar-refractivity contribution in [3.63, 3.8) is 0 Å². The molecule has 1 unspecified atom stereocenters. The molecule has 0 aliphatic heterocycles. The van der Waals surface area contributed by atoms with Crippen molar-refractivity contribution in [1.29, 1.82) is 0 Å². The molecule has 0 saturated heterocycles. The van der Waals surface area contributed by atoms with Crippen LogP contribution in [0.25, 0.3) is 11.4 Å². The Labute approximate surface area is 196 Å². The van der Waals surface area contributed by atoms with Crippen LogP contribution >= 0.6 is 0 Å². The minimum atomic E-state index is 0.800. The summed E-state index contributed by atoms with van der Waals surface area (Å²) in [6.45, 7) is 5.32. The van der Waals surface area contributed by atoms with Crippen LogP contribution in [0.4, 0.5) is 0 Å². The number of aryl methyl sites for hydroxylation is 1. The SMILES string of the molecule is CCCCCCCCCC1CCc2nc(-c3ccc(OCCCCCC)cc3)ncc2C1. The number of unbranched alkanes of at least 4 members (excludes halogenated alkanes) is 9. The van der Waals surface area contributed by atoms with Gasteiger partial charge in [-0.1, -0.05) is 84.5 Å². The molecule has 0 spiro atoms. The molecule has 3 heteroatoms. The lowest BCUT2D eigenvalue weighted by Crippen LogP contribution is -2.16. The molecule has 3 nitrogen and oxygen atoms in total. The zero-order valence-electron chi connectivity index (χ0n) is 20.6. The highest BCUT2D eigenvalue weighted by atomic mass is 16.5. The molecular weight excluding hydrogens is 392 g/mol. The summed E-state index contributed by atoms with van der Waals surface area (Å²) in [7, 11) is 0. The first kappa shape index (κ1) is 24.7. The number of hydrogen-bond donors (Lipinski definition) is 0. The molecule has 1 aromatic heterocycles. The van der Waals surface area contributed by atoms with Gasteiger partial charge in [-0.25, -0.2) is 9.97 Å². The molecular formula is C29H44N2O. The number of fused-ring (bicyclic) bond motifs is 1. The van der Waals surface area contributed by atoms with Gasteiger partial charge in [0.1, 0.15) is 5.75 Å². The third-order valence-electron chi connectivity index (χ3n) is 6.85. The Morgan fingerprint density at radius 2 is 1.53 bits per heavy atom. The number of aromatic nitrogens is 2. The van der Waals surface area contributed by atoms with Crippen molar-refractivity contribution in [2.75, 3.05) is 6.61 Å². The highest BCUT2D eigenvalue weighted by molar-refractivity contribution is 5.56. The number of hydrogen-bond acceptors (Lipinski definition) is 3. The minimum Gasteiger partial charge on any atom is -0.494 e. The average Bonchev–Trinajstić information content (AvgIpc) is 2.83. The van der Waals surface area contributed by atoms with Crippen molar-refractivity contribution in [2.45, 2.75) is 110 Å². The molecule has 3 rings (SSSR count). The van der Waals surface area contributed by atoms with Gasteiger partial charge in [-0.05, 0) is 61.4 Å². The summed E-state index contributed by atoms with van der Waals surface area (Å²) >= 11 is 0. The molecule has 1 atom stereocenters. The Kier molecular flexibility index (Phi) is 11.0. The van der Waals surface area contributed by atoms with Gasteiger partial charge in [-0.2, -0.15) is 0 Å². The predicted octanol–water partition coefficient (Wildman–Crippen LogP) is 8.35. The molecule has 1 aromatic carbocycles. The highest BCUT2D eigenvalue weighted by Crippen LogP contribution is 2.29. The van der Waals surface area contributed by atoms with Gasteiger partial charge in [0, 0.05) is 17.5 Å². The van der Waals surface area contributed by atoms with E-state index in [0.717, 1.165) is 48.9 Å². The first-order valence-corrected chi connectivity index (χ1v) is 13.4. The van der Waals surface area contributed by atoms with Crippen molar-refractivity contribution >= 4 is 0 Å². The Balaban J connectivity index is 1.43. The van der Waals surface area contributed by atoms with E-state index in [4.69, 9.17) is 14.7 Å². The van der Waals surface area contributed by atoms with Crippen LogP contribution in [0.2, 0.25) is 0 Å². The Hall–Kier alpha value is -1.90. The third-order valence-corrected chi connectivity index (χ3v) is 6.85. The Morgan fingerprint density at radius 1 is 0.844 bits per heavy atom. The predicted molar refractivity (Wildman–Crippen MR) is 135 cm³/mol. The van der Waals surface area contributed by atoms with E-state index in [1.807, 2.05) is 0 Å². The summed E-state index contributed by atoms with van der Waals surface area (Å²) in [5.41, 5.74) is 3.72. The van der Waals surface area contributed by atoms with Gasteiger partial charge in [-0.3, -0.25) is 0 Å². The molecule has 176 valence electrons. The maximum absolute atomic E-state index is 5.87. The zero-order chi connectivity index (χ0) is 22.4. The fourth-order valence-electron chi connectivity index (χ4n) is 4.78. The van der Waals surface area contributed by atoms with E-state index in [9.17, 15) is 0 Å². The van der Waals surface area contributed by atoms with Crippen LogP contribution in [0.3, 0.4) is 0 Å². The van der Waals surface area contributed by atoms with Crippen LogP contribution in [-0.2, 0) is 12.8 Å². The van der Waals surface area contributed by atoms with E-state index >= 15 is 0 Å². The van der Waals surface area contributed by atoms with Crippen molar-refractivity contribution < 1.29 is 4.74 Å². The first-order valence-electron chi connectivity index (χ1n) is 13.4. The lowest BCUT2D eigenvalue weighted by Gasteiger charge is -2.24. The molecule has 0 radical (unpaired) electrons. The summed E-state index contributed by atoms with van der Waals surface area (Å²) in [5, 5.41) is 0. The summed E-state index contributed by atoms with van der Waals surface area (Å²) in [4.78, 5) is 9.64. The van der Waals surface area contributed by atoms with E-state index in [1.54, 1.807) is 0 Å². The molecule has 0 N–H and O–H groups in total. The van der Waals surface area contributed by atoms with Gasteiger partial charge in [0.25, 0.3) is 0 Å². The first-order chi connectivity index (χ1) is 15.8. The number of benzene rings is 1. The molecule has 1 aliphatic rings. The van der Waals surface area contributed by atoms with Crippen molar-refractivity contribution in [3.05, 3.63) is 41.7 Å². The van der Waals surface area contributed by atoms with Gasteiger partial charge in [0.05, 0.1) is 6.61 Å². The Bertz CT molecular complexity index is 771. The fraction of sp³-hybridized carbons (Fsp3) is 0.655. The van der Waals surface area contributed by atoms with E-state index in [0.29, 0.717) is 0 Å². The van der Waals surface area contributed by atoms with Crippen molar-refractivity contribution in [2.24, 2.45) is 5.92 Å².